The van der Waals surface area contributed by atoms with Crippen LogP contribution in [-0.2, 0) is 14.8 Å². The summed E-state index contributed by atoms with van der Waals surface area (Å²) in [6, 6.07) is 12.0. The van der Waals surface area contributed by atoms with E-state index in [1.165, 1.54) is 4.31 Å². The molecular weight excluding hydrogens is 462 g/mol. The molecule has 1 aromatic heterocycles. The molecule has 0 N–H and O–H groups in total. The van der Waals surface area contributed by atoms with Gasteiger partial charge < -0.3 is 9.80 Å². The van der Waals surface area contributed by atoms with E-state index < -0.39 is 10.0 Å². The average Bonchev–Trinajstić information content (AvgIpc) is 3.58. The highest BCUT2D eigenvalue weighted by molar-refractivity contribution is 7.89. The van der Waals surface area contributed by atoms with Crippen LogP contribution < -0.4 is 4.90 Å². The predicted octanol–water partition coefficient (Wildman–Crippen LogP) is 2.21. The molecule has 1 saturated heterocycles. The number of carbonyl (C=O) groups is 2. The molecule has 2 fully saturated rings. The standard InChI is InChI=1S/C22H23N5O4S2/c1-25(21(28)15-9-10-15)18-7-3-2-5-16(18)22(29)26-11-13-27(14-12-26)33(30,31)19-8-4-6-17-20(19)24-32-23-17/h2-8,15H,9-14H2,1H3. The smallest absolute Gasteiger partial charge is 0.256 e. The third kappa shape index (κ3) is 4.00. The van der Waals surface area contributed by atoms with Crippen LogP contribution in [0, 0.1) is 5.92 Å². The summed E-state index contributed by atoms with van der Waals surface area (Å²) in [7, 11) is -2.06. The third-order valence-corrected chi connectivity index (χ3v) is 8.62. The van der Waals surface area contributed by atoms with E-state index in [4.69, 9.17) is 0 Å². The van der Waals surface area contributed by atoms with Crippen LogP contribution in [0.15, 0.2) is 47.4 Å². The molecule has 2 amide bonds. The Balaban J connectivity index is 1.32. The number of carbonyl (C=O) groups excluding carboxylic acids is 2. The first kappa shape index (κ1) is 21.9. The number of benzene rings is 2. The number of hydrogen-bond acceptors (Lipinski definition) is 7. The monoisotopic (exact) mass is 485 g/mol. The van der Waals surface area contributed by atoms with Crippen LogP contribution in [0.5, 0.6) is 0 Å². The maximum Gasteiger partial charge on any atom is 0.256 e. The van der Waals surface area contributed by atoms with Crippen molar-refractivity contribution in [3.63, 3.8) is 0 Å². The Kier molecular flexibility index (Phi) is 5.63. The van der Waals surface area contributed by atoms with Gasteiger partial charge >= 0.3 is 0 Å². The molecule has 1 saturated carbocycles. The van der Waals surface area contributed by atoms with Gasteiger partial charge in [-0.2, -0.15) is 13.1 Å². The van der Waals surface area contributed by atoms with Gasteiger partial charge in [-0.1, -0.05) is 18.2 Å². The summed E-state index contributed by atoms with van der Waals surface area (Å²) in [4.78, 5) is 29.2. The van der Waals surface area contributed by atoms with Gasteiger partial charge in [0, 0.05) is 39.1 Å². The van der Waals surface area contributed by atoms with Crippen molar-refractivity contribution in [3.05, 3.63) is 48.0 Å². The number of aromatic nitrogens is 2. The van der Waals surface area contributed by atoms with E-state index in [1.807, 2.05) is 0 Å². The van der Waals surface area contributed by atoms with Gasteiger partial charge in [-0.25, -0.2) is 8.42 Å². The molecule has 0 bridgehead atoms. The quantitative estimate of drug-likeness (QED) is 0.549. The highest BCUT2D eigenvalue weighted by Crippen LogP contribution is 2.33. The average molecular weight is 486 g/mol. The molecule has 2 heterocycles. The predicted molar refractivity (Wildman–Crippen MR) is 125 cm³/mol. The normalized spacial score (nSPS) is 17.3. The van der Waals surface area contributed by atoms with Crippen molar-refractivity contribution in [3.8, 4) is 0 Å². The molecule has 0 radical (unpaired) electrons. The highest BCUT2D eigenvalue weighted by Gasteiger charge is 2.35. The molecule has 5 rings (SSSR count). The fraction of sp³-hybridized carbons (Fsp3) is 0.364. The van der Waals surface area contributed by atoms with Gasteiger partial charge in [-0.15, -0.1) is 0 Å². The minimum Gasteiger partial charge on any atom is -0.336 e. The molecule has 2 aromatic carbocycles. The van der Waals surface area contributed by atoms with Gasteiger partial charge in [-0.05, 0) is 37.1 Å². The second-order valence-corrected chi connectivity index (χ2v) is 10.7. The van der Waals surface area contributed by atoms with Crippen molar-refractivity contribution in [1.29, 1.82) is 0 Å². The molecule has 0 unspecified atom stereocenters. The Labute approximate surface area is 196 Å². The second-order valence-electron chi connectivity index (χ2n) is 8.27. The maximum absolute atomic E-state index is 13.3. The summed E-state index contributed by atoms with van der Waals surface area (Å²) in [5, 5.41) is 0. The largest absolute Gasteiger partial charge is 0.336 e. The molecule has 1 aliphatic carbocycles. The van der Waals surface area contributed by atoms with Crippen molar-refractivity contribution >= 4 is 50.3 Å². The topological polar surface area (TPSA) is 104 Å². The summed E-state index contributed by atoms with van der Waals surface area (Å²) in [6.07, 6.45) is 1.78. The van der Waals surface area contributed by atoms with E-state index in [9.17, 15) is 18.0 Å². The molecule has 172 valence electrons. The number of rotatable bonds is 5. The molecule has 2 aliphatic rings. The van der Waals surface area contributed by atoms with E-state index in [0.717, 1.165) is 24.6 Å². The van der Waals surface area contributed by atoms with E-state index in [2.05, 4.69) is 8.75 Å². The molecule has 0 spiro atoms. The van der Waals surface area contributed by atoms with Crippen molar-refractivity contribution in [2.75, 3.05) is 38.1 Å². The minimum absolute atomic E-state index is 0.0249. The number of para-hydroxylation sites is 1. The van der Waals surface area contributed by atoms with Gasteiger partial charge in [0.2, 0.25) is 15.9 Å². The Bertz CT molecular complexity index is 1330. The van der Waals surface area contributed by atoms with Crippen LogP contribution in [0.4, 0.5) is 5.69 Å². The maximum atomic E-state index is 13.3. The Morgan fingerprint density at radius 3 is 2.45 bits per heavy atom. The van der Waals surface area contributed by atoms with Gasteiger partial charge in [0.25, 0.3) is 5.91 Å². The van der Waals surface area contributed by atoms with Crippen molar-refractivity contribution in [2.24, 2.45) is 5.92 Å². The lowest BCUT2D eigenvalue weighted by Crippen LogP contribution is -2.50. The molecule has 3 aromatic rings. The van der Waals surface area contributed by atoms with Crippen LogP contribution >= 0.6 is 11.7 Å². The highest BCUT2D eigenvalue weighted by atomic mass is 32.2. The Morgan fingerprint density at radius 2 is 1.73 bits per heavy atom. The number of piperazine rings is 1. The third-order valence-electron chi connectivity index (χ3n) is 6.15. The van der Waals surface area contributed by atoms with E-state index in [-0.39, 0.29) is 48.8 Å². The van der Waals surface area contributed by atoms with Crippen LogP contribution in [0.1, 0.15) is 23.2 Å². The van der Waals surface area contributed by atoms with Crippen LogP contribution in [0.25, 0.3) is 11.0 Å². The first-order chi connectivity index (χ1) is 15.9. The molecule has 33 heavy (non-hydrogen) atoms. The van der Waals surface area contributed by atoms with Crippen LogP contribution in [0.3, 0.4) is 0 Å². The zero-order chi connectivity index (χ0) is 23.2. The lowest BCUT2D eigenvalue weighted by molar-refractivity contribution is -0.119. The number of fused-ring (bicyclic) bond motifs is 1. The molecule has 11 heteroatoms. The van der Waals surface area contributed by atoms with E-state index in [0.29, 0.717) is 22.3 Å². The van der Waals surface area contributed by atoms with E-state index in [1.54, 1.807) is 59.3 Å². The summed E-state index contributed by atoms with van der Waals surface area (Å²) < 4.78 is 36.2. The SMILES string of the molecule is CN(C(=O)C1CC1)c1ccccc1C(=O)N1CCN(S(=O)(=O)c2cccc3nsnc23)CC1. The molecule has 1 aliphatic heterocycles. The van der Waals surface area contributed by atoms with E-state index >= 15 is 0 Å². The minimum atomic E-state index is -3.76. The fourth-order valence-corrected chi connectivity index (χ4v) is 6.28. The van der Waals surface area contributed by atoms with Gasteiger partial charge in [0.05, 0.1) is 23.0 Å². The number of amides is 2. The fourth-order valence-electron chi connectivity index (χ4n) is 4.10. The molecule has 0 atom stereocenters. The Hall–Kier alpha value is -2.89. The lowest BCUT2D eigenvalue weighted by Gasteiger charge is -2.34. The number of nitrogens with zero attached hydrogens (tertiary/aromatic N) is 5. The van der Waals surface area contributed by atoms with Gasteiger partial charge in [0.15, 0.2) is 0 Å². The first-order valence-electron chi connectivity index (χ1n) is 10.8. The van der Waals surface area contributed by atoms with Crippen molar-refractivity contribution < 1.29 is 18.0 Å². The number of hydrogen-bond donors (Lipinski definition) is 0. The summed E-state index contributed by atoms with van der Waals surface area (Å²) in [5.74, 6) is -0.134. The van der Waals surface area contributed by atoms with Crippen molar-refractivity contribution in [1.82, 2.24) is 18.0 Å². The molecular formula is C22H23N5O4S2. The van der Waals surface area contributed by atoms with Gasteiger partial charge in [0.1, 0.15) is 15.9 Å². The summed E-state index contributed by atoms with van der Waals surface area (Å²) in [5.41, 5.74) is 1.95. The zero-order valence-corrected chi connectivity index (χ0v) is 19.7. The van der Waals surface area contributed by atoms with Crippen LogP contribution in [-0.4, -0.2) is 71.4 Å². The Morgan fingerprint density at radius 1 is 1.00 bits per heavy atom. The first-order valence-corrected chi connectivity index (χ1v) is 12.9. The lowest BCUT2D eigenvalue weighted by atomic mass is 10.1. The summed E-state index contributed by atoms with van der Waals surface area (Å²) in [6.45, 7) is 0.887. The number of anilines is 1. The molecule has 9 nitrogen and oxygen atoms in total. The summed E-state index contributed by atoms with van der Waals surface area (Å²) >= 11 is 0.979. The van der Waals surface area contributed by atoms with Gasteiger partial charge in [-0.3, -0.25) is 9.59 Å². The number of sulfonamides is 1. The van der Waals surface area contributed by atoms with Crippen molar-refractivity contribution in [2.45, 2.75) is 17.7 Å². The second kappa shape index (κ2) is 8.47. The zero-order valence-electron chi connectivity index (χ0n) is 18.0. The van der Waals surface area contributed by atoms with Crippen LogP contribution in [0.2, 0.25) is 0 Å².